The lowest BCUT2D eigenvalue weighted by Crippen LogP contribution is -2.19. The number of benzene rings is 1. The molecule has 6 heteroatoms. The van der Waals surface area contributed by atoms with E-state index in [4.69, 9.17) is 21.1 Å². The zero-order chi connectivity index (χ0) is 13.0. The molecule has 17 heavy (non-hydrogen) atoms. The average molecular weight is 260 g/mol. The molecule has 0 saturated heterocycles. The van der Waals surface area contributed by atoms with Crippen LogP contribution in [-0.4, -0.2) is 38.7 Å². The standard InChI is InChI=1S/C11H14ClNO4/c1-13-5-7(15)9-10(12)6(14)4-8(16-2)11(9)17-3/h4,13-14H,5H2,1-3H3. The van der Waals surface area contributed by atoms with E-state index in [-0.39, 0.29) is 40.2 Å². The van der Waals surface area contributed by atoms with Gasteiger partial charge in [-0.25, -0.2) is 0 Å². The van der Waals surface area contributed by atoms with Crippen molar-refractivity contribution in [2.45, 2.75) is 0 Å². The minimum absolute atomic E-state index is 0.0390. The Morgan fingerprint density at radius 2 is 2.12 bits per heavy atom. The number of methoxy groups -OCH3 is 2. The lowest BCUT2D eigenvalue weighted by Gasteiger charge is -2.14. The van der Waals surface area contributed by atoms with Gasteiger partial charge in [-0.2, -0.15) is 0 Å². The number of carbonyl (C=O) groups is 1. The molecule has 1 aromatic carbocycles. The molecule has 0 aliphatic heterocycles. The fourth-order valence-corrected chi connectivity index (χ4v) is 1.70. The first kappa shape index (κ1) is 13.6. The van der Waals surface area contributed by atoms with Crippen molar-refractivity contribution in [2.75, 3.05) is 27.8 Å². The van der Waals surface area contributed by atoms with Gasteiger partial charge in [0.15, 0.2) is 17.3 Å². The highest BCUT2D eigenvalue weighted by atomic mass is 35.5. The van der Waals surface area contributed by atoms with Crippen molar-refractivity contribution in [3.8, 4) is 17.2 Å². The number of likely N-dealkylation sites (N-methyl/N-ethyl adjacent to an activating group) is 1. The van der Waals surface area contributed by atoms with Crippen molar-refractivity contribution < 1.29 is 19.4 Å². The largest absolute Gasteiger partial charge is 0.506 e. The number of nitrogens with one attached hydrogen (secondary N) is 1. The Labute approximate surface area is 104 Å². The molecular weight excluding hydrogens is 246 g/mol. The van der Waals surface area contributed by atoms with Gasteiger partial charge in [-0.3, -0.25) is 4.79 Å². The summed E-state index contributed by atoms with van der Waals surface area (Å²) in [4.78, 5) is 11.9. The Morgan fingerprint density at radius 3 is 2.59 bits per heavy atom. The molecule has 1 rings (SSSR count). The Bertz CT molecular complexity index is 434. The van der Waals surface area contributed by atoms with Gasteiger partial charge >= 0.3 is 0 Å². The van der Waals surface area contributed by atoms with Gasteiger partial charge in [0.1, 0.15) is 5.75 Å². The average Bonchev–Trinajstić information content (AvgIpc) is 2.31. The van der Waals surface area contributed by atoms with Crippen molar-refractivity contribution in [3.63, 3.8) is 0 Å². The van der Waals surface area contributed by atoms with Gasteiger partial charge in [0.05, 0.1) is 31.4 Å². The monoisotopic (exact) mass is 259 g/mol. The van der Waals surface area contributed by atoms with Crippen LogP contribution in [0.1, 0.15) is 10.4 Å². The lowest BCUT2D eigenvalue weighted by molar-refractivity contribution is 0.0989. The molecule has 0 aliphatic rings. The zero-order valence-electron chi connectivity index (χ0n) is 9.83. The van der Waals surface area contributed by atoms with E-state index in [1.165, 1.54) is 20.3 Å². The van der Waals surface area contributed by atoms with Gasteiger partial charge in [-0.05, 0) is 7.05 Å². The zero-order valence-corrected chi connectivity index (χ0v) is 10.6. The smallest absolute Gasteiger partial charge is 0.182 e. The second kappa shape index (κ2) is 5.75. The number of hydrogen-bond acceptors (Lipinski definition) is 5. The number of phenols is 1. The number of halogens is 1. The van der Waals surface area contributed by atoms with Gasteiger partial charge in [0.2, 0.25) is 0 Å². The predicted molar refractivity (Wildman–Crippen MR) is 64.5 cm³/mol. The Balaban J connectivity index is 3.43. The fraction of sp³-hybridized carbons (Fsp3) is 0.364. The van der Waals surface area contributed by atoms with E-state index in [9.17, 15) is 9.90 Å². The van der Waals surface area contributed by atoms with Crippen molar-refractivity contribution >= 4 is 17.4 Å². The van der Waals surface area contributed by atoms with Crippen LogP contribution in [0.4, 0.5) is 0 Å². The van der Waals surface area contributed by atoms with Crippen LogP contribution in [0.2, 0.25) is 5.02 Å². The van der Waals surface area contributed by atoms with Crippen molar-refractivity contribution in [3.05, 3.63) is 16.7 Å². The maximum atomic E-state index is 11.9. The predicted octanol–water partition coefficient (Wildman–Crippen LogP) is 1.46. The summed E-state index contributed by atoms with van der Waals surface area (Å²) in [5.74, 6) is -0.0308. The summed E-state index contributed by atoms with van der Waals surface area (Å²) in [7, 11) is 4.46. The number of ketones is 1. The molecule has 0 heterocycles. The SMILES string of the molecule is CNCC(=O)c1c(Cl)c(O)cc(OC)c1OC. The number of ether oxygens (including phenoxy) is 2. The van der Waals surface area contributed by atoms with Gasteiger partial charge in [0, 0.05) is 6.07 Å². The van der Waals surface area contributed by atoms with E-state index in [2.05, 4.69) is 5.32 Å². The third kappa shape index (κ3) is 2.62. The molecule has 0 aromatic heterocycles. The molecular formula is C11H14ClNO4. The van der Waals surface area contributed by atoms with Gasteiger partial charge in [-0.15, -0.1) is 0 Å². The van der Waals surface area contributed by atoms with Gasteiger partial charge < -0.3 is 19.9 Å². The number of carbonyl (C=O) groups excluding carboxylic acids is 1. The second-order valence-electron chi connectivity index (χ2n) is 3.27. The Kier molecular flexibility index (Phi) is 4.60. The summed E-state index contributed by atoms with van der Waals surface area (Å²) in [6.45, 7) is 0.0860. The van der Waals surface area contributed by atoms with E-state index in [0.29, 0.717) is 0 Å². The van der Waals surface area contributed by atoms with Gasteiger partial charge in [0.25, 0.3) is 0 Å². The molecule has 0 aliphatic carbocycles. The first-order valence-electron chi connectivity index (χ1n) is 4.88. The van der Waals surface area contributed by atoms with Crippen LogP contribution in [-0.2, 0) is 0 Å². The number of aromatic hydroxyl groups is 1. The number of rotatable bonds is 5. The summed E-state index contributed by atoms with van der Waals surface area (Å²) < 4.78 is 10.1. The maximum Gasteiger partial charge on any atom is 0.182 e. The highest BCUT2D eigenvalue weighted by molar-refractivity contribution is 6.36. The fourth-order valence-electron chi connectivity index (χ4n) is 1.46. The molecule has 0 unspecified atom stereocenters. The Hall–Kier alpha value is -1.46. The van der Waals surface area contributed by atoms with Crippen LogP contribution in [0.5, 0.6) is 17.2 Å². The third-order valence-corrected chi connectivity index (χ3v) is 2.59. The highest BCUT2D eigenvalue weighted by Gasteiger charge is 2.23. The highest BCUT2D eigenvalue weighted by Crippen LogP contribution is 2.41. The molecule has 1 aromatic rings. The first-order valence-corrected chi connectivity index (χ1v) is 5.25. The van der Waals surface area contributed by atoms with Crippen LogP contribution < -0.4 is 14.8 Å². The van der Waals surface area contributed by atoms with Crippen molar-refractivity contribution in [1.29, 1.82) is 0 Å². The molecule has 0 fully saturated rings. The van der Waals surface area contributed by atoms with Crippen LogP contribution in [0.3, 0.4) is 0 Å². The minimum Gasteiger partial charge on any atom is -0.506 e. The Morgan fingerprint density at radius 1 is 1.47 bits per heavy atom. The summed E-state index contributed by atoms with van der Waals surface area (Å²) >= 11 is 5.90. The molecule has 0 atom stereocenters. The molecule has 5 nitrogen and oxygen atoms in total. The normalized spacial score (nSPS) is 10.1. The van der Waals surface area contributed by atoms with E-state index in [1.54, 1.807) is 7.05 Å². The van der Waals surface area contributed by atoms with Crippen molar-refractivity contribution in [1.82, 2.24) is 5.32 Å². The third-order valence-electron chi connectivity index (χ3n) is 2.20. The van der Waals surface area contributed by atoms with E-state index < -0.39 is 0 Å². The molecule has 0 saturated carbocycles. The van der Waals surface area contributed by atoms with Gasteiger partial charge in [-0.1, -0.05) is 11.6 Å². The summed E-state index contributed by atoms with van der Waals surface area (Å²) in [6.07, 6.45) is 0. The molecule has 94 valence electrons. The maximum absolute atomic E-state index is 11.9. The van der Waals surface area contributed by atoms with E-state index >= 15 is 0 Å². The lowest BCUT2D eigenvalue weighted by atomic mass is 10.1. The van der Waals surface area contributed by atoms with Crippen LogP contribution in [0.15, 0.2) is 6.07 Å². The summed E-state index contributed by atoms with van der Waals surface area (Å²) in [6, 6.07) is 1.30. The van der Waals surface area contributed by atoms with Crippen molar-refractivity contribution in [2.24, 2.45) is 0 Å². The molecule has 0 bridgehead atoms. The van der Waals surface area contributed by atoms with Crippen LogP contribution in [0.25, 0.3) is 0 Å². The second-order valence-corrected chi connectivity index (χ2v) is 3.65. The van der Waals surface area contributed by atoms with Crippen LogP contribution in [0, 0.1) is 0 Å². The van der Waals surface area contributed by atoms with E-state index in [1.807, 2.05) is 0 Å². The summed E-state index contributed by atoms with van der Waals surface area (Å²) in [5, 5.41) is 12.3. The number of hydrogen-bond donors (Lipinski definition) is 2. The molecule has 0 spiro atoms. The summed E-state index contributed by atoms with van der Waals surface area (Å²) in [5.41, 5.74) is 0.111. The van der Waals surface area contributed by atoms with E-state index in [0.717, 1.165) is 0 Å². The quantitative estimate of drug-likeness (QED) is 0.784. The first-order chi connectivity index (χ1) is 8.06. The number of Topliss-reactive ketones (excluding diaryl/α,β-unsaturated/α-hetero) is 1. The van der Waals surface area contributed by atoms with Crippen LogP contribution >= 0.6 is 11.6 Å². The minimum atomic E-state index is -0.288. The topological polar surface area (TPSA) is 67.8 Å². The number of phenolic OH excluding ortho intramolecular Hbond substituents is 1. The molecule has 0 amide bonds. The molecule has 2 N–H and O–H groups in total. The molecule has 0 radical (unpaired) electrons.